The van der Waals surface area contributed by atoms with E-state index in [1.165, 1.54) is 9.77 Å². The number of benzene rings is 1. The van der Waals surface area contributed by atoms with E-state index in [4.69, 9.17) is 11.6 Å². The second-order valence-electron chi connectivity index (χ2n) is 4.18. The molecule has 19 heavy (non-hydrogen) atoms. The largest absolute Gasteiger partial charge is 0.310 e. The van der Waals surface area contributed by atoms with Crippen LogP contribution in [-0.4, -0.2) is 11.5 Å². The summed E-state index contributed by atoms with van der Waals surface area (Å²) in [6.45, 7) is 5.27. The molecule has 1 atom stereocenters. The van der Waals surface area contributed by atoms with Gasteiger partial charge in [0.15, 0.2) is 0 Å². The van der Waals surface area contributed by atoms with Gasteiger partial charge in [-0.1, -0.05) is 24.6 Å². The Morgan fingerprint density at radius 2 is 2.32 bits per heavy atom. The highest BCUT2D eigenvalue weighted by Crippen LogP contribution is 2.28. The van der Waals surface area contributed by atoms with E-state index in [0.29, 0.717) is 6.04 Å². The standard InChI is InChI=1S/C14H17ClN2S2/c1-3-16-10(2)13-8-17-14(19-13)9-18-12-6-4-5-11(15)7-12/h4-8,10,16H,3,9H2,1-2H3. The molecule has 2 aromatic rings. The highest BCUT2D eigenvalue weighted by atomic mass is 35.5. The Hall–Kier alpha value is -0.550. The first kappa shape index (κ1) is 14.9. The fraction of sp³-hybridized carbons (Fsp3) is 0.357. The minimum Gasteiger partial charge on any atom is -0.310 e. The maximum Gasteiger partial charge on any atom is 0.103 e. The van der Waals surface area contributed by atoms with Gasteiger partial charge in [-0.2, -0.15) is 0 Å². The average Bonchev–Trinajstić information content (AvgIpc) is 2.86. The van der Waals surface area contributed by atoms with E-state index in [9.17, 15) is 0 Å². The number of thiazole rings is 1. The SMILES string of the molecule is CCNC(C)c1cnc(CSc2cccc(Cl)c2)s1. The van der Waals surface area contributed by atoms with Crippen molar-refractivity contribution in [3.63, 3.8) is 0 Å². The minimum atomic E-state index is 0.382. The fourth-order valence-electron chi connectivity index (χ4n) is 1.70. The van der Waals surface area contributed by atoms with E-state index >= 15 is 0 Å². The van der Waals surface area contributed by atoms with Gasteiger partial charge in [-0.3, -0.25) is 0 Å². The van der Waals surface area contributed by atoms with E-state index in [1.54, 1.807) is 23.1 Å². The summed E-state index contributed by atoms with van der Waals surface area (Å²) in [5, 5.41) is 5.34. The molecule has 2 rings (SSSR count). The van der Waals surface area contributed by atoms with Crippen LogP contribution >= 0.6 is 34.7 Å². The van der Waals surface area contributed by atoms with Gasteiger partial charge in [-0.25, -0.2) is 4.98 Å². The van der Waals surface area contributed by atoms with Crippen molar-refractivity contribution in [1.82, 2.24) is 10.3 Å². The van der Waals surface area contributed by atoms with Gasteiger partial charge >= 0.3 is 0 Å². The van der Waals surface area contributed by atoms with E-state index in [1.807, 2.05) is 24.4 Å². The molecule has 1 heterocycles. The summed E-state index contributed by atoms with van der Waals surface area (Å²) in [5.41, 5.74) is 0. The Morgan fingerprint density at radius 1 is 1.47 bits per heavy atom. The molecule has 1 aromatic carbocycles. The van der Waals surface area contributed by atoms with Crippen LogP contribution in [0.3, 0.4) is 0 Å². The van der Waals surface area contributed by atoms with E-state index in [-0.39, 0.29) is 0 Å². The van der Waals surface area contributed by atoms with Gasteiger partial charge in [-0.05, 0) is 31.7 Å². The molecule has 0 saturated heterocycles. The lowest BCUT2D eigenvalue weighted by Crippen LogP contribution is -2.16. The topological polar surface area (TPSA) is 24.9 Å². The Bertz CT molecular complexity index is 528. The van der Waals surface area contributed by atoms with Gasteiger partial charge in [0.25, 0.3) is 0 Å². The van der Waals surface area contributed by atoms with Crippen LogP contribution in [0.5, 0.6) is 0 Å². The normalized spacial score (nSPS) is 12.6. The van der Waals surface area contributed by atoms with Crippen LogP contribution in [0.4, 0.5) is 0 Å². The number of halogens is 1. The van der Waals surface area contributed by atoms with Crippen molar-refractivity contribution < 1.29 is 0 Å². The van der Waals surface area contributed by atoms with Crippen LogP contribution in [-0.2, 0) is 5.75 Å². The van der Waals surface area contributed by atoms with Gasteiger partial charge in [0.2, 0.25) is 0 Å². The predicted molar refractivity (Wildman–Crippen MR) is 85.2 cm³/mol. The molecule has 5 heteroatoms. The van der Waals surface area contributed by atoms with Crippen LogP contribution < -0.4 is 5.32 Å². The first-order valence-corrected chi connectivity index (χ1v) is 8.43. The smallest absolute Gasteiger partial charge is 0.103 e. The molecule has 0 aliphatic rings. The fourth-order valence-corrected chi connectivity index (χ4v) is 3.86. The van der Waals surface area contributed by atoms with Crippen LogP contribution in [0.15, 0.2) is 35.4 Å². The molecule has 1 N–H and O–H groups in total. The molecule has 0 amide bonds. The van der Waals surface area contributed by atoms with Crippen molar-refractivity contribution in [2.45, 2.75) is 30.5 Å². The maximum atomic E-state index is 5.97. The first-order chi connectivity index (χ1) is 9.19. The van der Waals surface area contributed by atoms with Crippen molar-refractivity contribution in [1.29, 1.82) is 0 Å². The van der Waals surface area contributed by atoms with E-state index < -0.39 is 0 Å². The summed E-state index contributed by atoms with van der Waals surface area (Å²) in [5.74, 6) is 0.893. The minimum absolute atomic E-state index is 0.382. The van der Waals surface area contributed by atoms with Crippen LogP contribution in [0, 0.1) is 0 Å². The zero-order chi connectivity index (χ0) is 13.7. The van der Waals surface area contributed by atoms with Gasteiger partial charge in [0, 0.05) is 27.0 Å². The number of aromatic nitrogens is 1. The quantitative estimate of drug-likeness (QED) is 0.778. The molecule has 0 radical (unpaired) electrons. The van der Waals surface area contributed by atoms with E-state index in [0.717, 1.165) is 22.3 Å². The number of hydrogen-bond acceptors (Lipinski definition) is 4. The molecule has 0 spiro atoms. The first-order valence-electron chi connectivity index (χ1n) is 6.25. The number of rotatable bonds is 6. The molecule has 102 valence electrons. The molecule has 2 nitrogen and oxygen atoms in total. The molecular weight excluding hydrogens is 296 g/mol. The molecule has 1 unspecified atom stereocenters. The van der Waals surface area contributed by atoms with E-state index in [2.05, 4.69) is 30.2 Å². The summed E-state index contributed by atoms with van der Waals surface area (Å²) in [6, 6.07) is 8.32. The third kappa shape index (κ3) is 4.49. The Morgan fingerprint density at radius 3 is 3.05 bits per heavy atom. The van der Waals surface area contributed by atoms with Crippen LogP contribution in [0.25, 0.3) is 0 Å². The monoisotopic (exact) mass is 312 g/mol. The second-order valence-corrected chi connectivity index (χ2v) is 6.81. The molecule has 0 aliphatic heterocycles. The summed E-state index contributed by atoms with van der Waals surface area (Å²) < 4.78 is 0. The predicted octanol–water partition coefficient (Wildman–Crippen LogP) is 4.76. The number of hydrogen-bond donors (Lipinski definition) is 1. The summed E-state index contributed by atoms with van der Waals surface area (Å²) in [4.78, 5) is 6.96. The second kappa shape index (κ2) is 7.29. The van der Waals surface area contributed by atoms with Gasteiger partial charge in [0.05, 0.1) is 5.75 Å². The van der Waals surface area contributed by atoms with Gasteiger partial charge < -0.3 is 5.32 Å². The maximum absolute atomic E-state index is 5.97. The van der Waals surface area contributed by atoms with Crippen molar-refractivity contribution in [3.05, 3.63) is 45.4 Å². The Labute approximate surface area is 127 Å². The molecule has 0 fully saturated rings. The molecule has 1 aromatic heterocycles. The van der Waals surface area contributed by atoms with Crippen LogP contribution in [0.1, 0.15) is 29.8 Å². The number of nitrogens with zero attached hydrogens (tertiary/aromatic N) is 1. The zero-order valence-electron chi connectivity index (χ0n) is 11.0. The van der Waals surface area contributed by atoms with Crippen molar-refractivity contribution in [2.24, 2.45) is 0 Å². The lowest BCUT2D eigenvalue weighted by molar-refractivity contribution is 0.606. The van der Waals surface area contributed by atoms with Crippen molar-refractivity contribution in [3.8, 4) is 0 Å². The van der Waals surface area contributed by atoms with Crippen molar-refractivity contribution in [2.75, 3.05) is 6.54 Å². The highest BCUT2D eigenvalue weighted by Gasteiger charge is 2.09. The summed E-state index contributed by atoms with van der Waals surface area (Å²) in [6.07, 6.45) is 1.98. The lowest BCUT2D eigenvalue weighted by atomic mass is 10.3. The van der Waals surface area contributed by atoms with Gasteiger partial charge in [-0.15, -0.1) is 23.1 Å². The number of thioether (sulfide) groups is 1. The Balaban J connectivity index is 1.93. The molecule has 0 saturated carbocycles. The zero-order valence-corrected chi connectivity index (χ0v) is 13.4. The molecular formula is C14H17ClN2S2. The average molecular weight is 313 g/mol. The van der Waals surface area contributed by atoms with Gasteiger partial charge in [0.1, 0.15) is 5.01 Å². The summed E-state index contributed by atoms with van der Waals surface area (Å²) >= 11 is 9.52. The lowest BCUT2D eigenvalue weighted by Gasteiger charge is -2.08. The number of nitrogens with one attached hydrogen (secondary N) is 1. The third-order valence-electron chi connectivity index (χ3n) is 2.67. The Kier molecular flexibility index (Phi) is 5.70. The highest BCUT2D eigenvalue weighted by molar-refractivity contribution is 7.98. The molecule has 0 bridgehead atoms. The third-order valence-corrected chi connectivity index (χ3v) is 5.27. The van der Waals surface area contributed by atoms with Crippen molar-refractivity contribution >= 4 is 34.7 Å². The van der Waals surface area contributed by atoms with Crippen LogP contribution in [0.2, 0.25) is 5.02 Å². The molecule has 0 aliphatic carbocycles. The summed E-state index contributed by atoms with van der Waals surface area (Å²) in [7, 11) is 0.